The number of hydrogen-bond donors (Lipinski definition) is 2. The number of amides is 1. The quantitative estimate of drug-likeness (QED) is 0.579. The number of pyridine rings is 1. The number of carbonyl (C=O) groups excluding carboxylic acids is 1. The Bertz CT molecular complexity index is 1060. The van der Waals surface area contributed by atoms with Gasteiger partial charge in [-0.2, -0.15) is 13.2 Å². The monoisotopic (exact) mass is 488 g/mol. The molecule has 3 aliphatic rings. The highest BCUT2D eigenvalue weighted by atomic mass is 32.2. The summed E-state index contributed by atoms with van der Waals surface area (Å²) >= 11 is 0. The van der Waals surface area contributed by atoms with Crippen molar-refractivity contribution >= 4 is 15.7 Å². The van der Waals surface area contributed by atoms with E-state index < -0.39 is 33.2 Å². The Labute approximate surface area is 191 Å². The fraction of sp³-hybridized carbons (Fsp3) is 0.739. The first-order chi connectivity index (χ1) is 15.4. The molecule has 0 saturated heterocycles. The van der Waals surface area contributed by atoms with Crippen molar-refractivity contribution in [2.24, 2.45) is 17.3 Å². The third kappa shape index (κ3) is 5.81. The van der Waals surface area contributed by atoms with Gasteiger partial charge in [0.25, 0.3) is 11.5 Å². The van der Waals surface area contributed by atoms with E-state index in [4.69, 9.17) is 0 Å². The lowest BCUT2D eigenvalue weighted by molar-refractivity contribution is -0.141. The number of carbonyl (C=O) groups is 1. The van der Waals surface area contributed by atoms with E-state index in [1.807, 2.05) is 0 Å². The lowest BCUT2D eigenvalue weighted by atomic mass is 9.70. The van der Waals surface area contributed by atoms with Gasteiger partial charge in [0.2, 0.25) is 0 Å². The predicted molar refractivity (Wildman–Crippen MR) is 118 cm³/mol. The van der Waals surface area contributed by atoms with Crippen LogP contribution in [0.15, 0.2) is 10.9 Å². The average molecular weight is 489 g/mol. The van der Waals surface area contributed by atoms with Gasteiger partial charge in [0.15, 0.2) is 9.84 Å². The zero-order valence-corrected chi connectivity index (χ0v) is 19.6. The number of nitrogens with one attached hydrogen (secondary N) is 2. The summed E-state index contributed by atoms with van der Waals surface area (Å²) in [6, 6.07) is 0.770. The van der Waals surface area contributed by atoms with Crippen molar-refractivity contribution in [1.29, 1.82) is 0 Å². The van der Waals surface area contributed by atoms with Crippen LogP contribution in [0.4, 0.5) is 13.2 Å². The molecule has 6 nitrogen and oxygen atoms in total. The van der Waals surface area contributed by atoms with E-state index in [1.54, 1.807) is 4.98 Å². The van der Waals surface area contributed by atoms with Crippen LogP contribution < -0.4 is 10.9 Å². The summed E-state index contributed by atoms with van der Waals surface area (Å²) in [6.07, 6.45) is 2.92. The van der Waals surface area contributed by atoms with Crippen molar-refractivity contribution in [3.63, 3.8) is 0 Å². The van der Waals surface area contributed by atoms with Crippen LogP contribution in [0.1, 0.15) is 79.4 Å². The number of rotatable bonds is 8. The van der Waals surface area contributed by atoms with E-state index in [9.17, 15) is 31.2 Å². The zero-order chi connectivity index (χ0) is 24.0. The van der Waals surface area contributed by atoms with Crippen LogP contribution >= 0.6 is 0 Å². The van der Waals surface area contributed by atoms with Crippen LogP contribution in [0.25, 0.3) is 0 Å². The minimum atomic E-state index is -4.70. The maximum atomic E-state index is 12.9. The van der Waals surface area contributed by atoms with Crippen LogP contribution in [0, 0.1) is 24.2 Å². The Morgan fingerprint density at radius 2 is 1.73 bits per heavy atom. The Hall–Kier alpha value is -1.84. The second-order valence-corrected chi connectivity index (χ2v) is 12.7. The molecule has 33 heavy (non-hydrogen) atoms. The molecule has 0 spiro atoms. The molecule has 0 unspecified atom stereocenters. The lowest BCUT2D eigenvalue weighted by Crippen LogP contribution is -2.44. The van der Waals surface area contributed by atoms with Gasteiger partial charge in [-0.05, 0) is 80.8 Å². The molecule has 184 valence electrons. The molecule has 1 amide bonds. The molecule has 1 aromatic heterocycles. The molecule has 0 aliphatic heterocycles. The lowest BCUT2D eigenvalue weighted by Gasteiger charge is -2.40. The molecule has 0 atom stereocenters. The largest absolute Gasteiger partial charge is 0.431 e. The zero-order valence-electron chi connectivity index (χ0n) is 18.8. The van der Waals surface area contributed by atoms with Crippen molar-refractivity contribution in [2.45, 2.75) is 76.1 Å². The van der Waals surface area contributed by atoms with Gasteiger partial charge in [0, 0.05) is 6.54 Å². The fourth-order valence-electron chi connectivity index (χ4n) is 5.18. The van der Waals surface area contributed by atoms with Crippen LogP contribution in [0.5, 0.6) is 0 Å². The standard InChI is InChI=1S/C23H31F3N2O4S/c1-14-10-18(23(24,25)26)28-21(30)19(14)20(29)27-13-22(11-15-2-3-15)8-6-17(7-9-22)33(31,32)12-16-4-5-16/h10,15-17H,2-9,11-13H2,1H3,(H,27,29)(H,28,30). The minimum Gasteiger partial charge on any atom is -0.351 e. The van der Waals surface area contributed by atoms with Crippen LogP contribution in [0.2, 0.25) is 0 Å². The summed E-state index contributed by atoms with van der Waals surface area (Å²) in [4.78, 5) is 26.8. The van der Waals surface area contributed by atoms with Crippen molar-refractivity contribution in [3.05, 3.63) is 33.2 Å². The van der Waals surface area contributed by atoms with Gasteiger partial charge in [-0.1, -0.05) is 12.8 Å². The van der Waals surface area contributed by atoms with Gasteiger partial charge in [0.1, 0.15) is 11.3 Å². The molecule has 0 radical (unpaired) electrons. The number of hydrogen-bond acceptors (Lipinski definition) is 4. The average Bonchev–Trinajstić information content (AvgIpc) is 3.63. The highest BCUT2D eigenvalue weighted by Gasteiger charge is 2.44. The maximum Gasteiger partial charge on any atom is 0.431 e. The minimum absolute atomic E-state index is 0.0327. The molecule has 4 rings (SSSR count). The van der Waals surface area contributed by atoms with E-state index in [-0.39, 0.29) is 34.1 Å². The summed E-state index contributed by atoms with van der Waals surface area (Å²) in [5, 5.41) is 2.46. The van der Waals surface area contributed by atoms with Crippen molar-refractivity contribution in [2.75, 3.05) is 12.3 Å². The molecule has 10 heteroatoms. The van der Waals surface area contributed by atoms with Crippen molar-refractivity contribution < 1.29 is 26.4 Å². The van der Waals surface area contributed by atoms with E-state index in [0.29, 0.717) is 37.5 Å². The Balaban J connectivity index is 1.44. The Kier molecular flexibility index (Phi) is 6.44. The number of H-pyrrole nitrogens is 1. The number of alkyl halides is 3. The van der Waals surface area contributed by atoms with Crippen LogP contribution in [0.3, 0.4) is 0 Å². The summed E-state index contributed by atoms with van der Waals surface area (Å²) in [7, 11) is -3.11. The number of aryl methyl sites for hydroxylation is 1. The van der Waals surface area contributed by atoms with Crippen LogP contribution in [-0.2, 0) is 16.0 Å². The first-order valence-corrected chi connectivity index (χ1v) is 13.4. The van der Waals surface area contributed by atoms with E-state index in [0.717, 1.165) is 38.2 Å². The van der Waals surface area contributed by atoms with Gasteiger partial charge in [0.05, 0.1) is 11.0 Å². The normalized spacial score (nSPS) is 26.2. The van der Waals surface area contributed by atoms with Crippen molar-refractivity contribution in [3.8, 4) is 0 Å². The number of halogens is 3. The maximum absolute atomic E-state index is 12.9. The SMILES string of the molecule is Cc1cc(C(F)(F)F)[nH]c(=O)c1C(=O)NCC1(CC2CC2)CCC(S(=O)(=O)CC2CC2)CC1. The highest BCUT2D eigenvalue weighted by molar-refractivity contribution is 7.92. The van der Waals surface area contributed by atoms with Gasteiger partial charge in [-0.15, -0.1) is 0 Å². The molecule has 3 saturated carbocycles. The first-order valence-electron chi connectivity index (χ1n) is 11.7. The van der Waals surface area contributed by atoms with Gasteiger partial charge >= 0.3 is 6.18 Å². The van der Waals surface area contributed by atoms with Crippen LogP contribution in [-0.4, -0.2) is 36.9 Å². The number of sulfone groups is 1. The molecule has 1 heterocycles. The summed E-state index contributed by atoms with van der Waals surface area (Å²) in [5.74, 6) is 0.469. The first kappa shape index (κ1) is 24.3. The number of aromatic amines is 1. The molecule has 2 N–H and O–H groups in total. The molecular weight excluding hydrogens is 457 g/mol. The molecule has 3 aliphatic carbocycles. The summed E-state index contributed by atoms with van der Waals surface area (Å²) in [5.41, 5.74) is -2.84. The highest BCUT2D eigenvalue weighted by Crippen LogP contribution is 2.48. The number of aromatic nitrogens is 1. The molecule has 0 bridgehead atoms. The van der Waals surface area contributed by atoms with Gasteiger partial charge in [-0.3, -0.25) is 9.59 Å². The Morgan fingerprint density at radius 3 is 2.24 bits per heavy atom. The molecule has 0 aromatic carbocycles. The second kappa shape index (κ2) is 8.74. The van der Waals surface area contributed by atoms with E-state index >= 15 is 0 Å². The summed E-state index contributed by atoms with van der Waals surface area (Å²) < 4.78 is 64.2. The smallest absolute Gasteiger partial charge is 0.351 e. The van der Waals surface area contributed by atoms with Gasteiger partial charge < -0.3 is 10.3 Å². The Morgan fingerprint density at radius 1 is 1.12 bits per heavy atom. The third-order valence-corrected chi connectivity index (χ3v) is 9.89. The molecule has 3 fully saturated rings. The third-order valence-electron chi connectivity index (χ3n) is 7.47. The molecular formula is C23H31F3N2O4S. The van der Waals surface area contributed by atoms with E-state index in [2.05, 4.69) is 5.32 Å². The van der Waals surface area contributed by atoms with E-state index in [1.165, 1.54) is 6.92 Å². The van der Waals surface area contributed by atoms with Crippen molar-refractivity contribution in [1.82, 2.24) is 10.3 Å². The second-order valence-electron chi connectivity index (χ2n) is 10.4. The predicted octanol–water partition coefficient (Wildman–Crippen LogP) is 3.99. The van der Waals surface area contributed by atoms with Gasteiger partial charge in [-0.25, -0.2) is 8.42 Å². The summed E-state index contributed by atoms with van der Waals surface area (Å²) in [6.45, 7) is 1.60. The topological polar surface area (TPSA) is 96.1 Å². The molecule has 1 aromatic rings. The fourth-order valence-corrected chi connectivity index (χ4v) is 7.40.